The van der Waals surface area contributed by atoms with Crippen LogP contribution < -0.4 is 20.1 Å². The van der Waals surface area contributed by atoms with Gasteiger partial charge in [0.2, 0.25) is 11.9 Å². The number of benzene rings is 2. The van der Waals surface area contributed by atoms with Gasteiger partial charge in [-0.25, -0.2) is 9.97 Å². The molecule has 2 heterocycles. The molecule has 0 spiro atoms. The summed E-state index contributed by atoms with van der Waals surface area (Å²) in [6.07, 6.45) is 1.56. The van der Waals surface area contributed by atoms with Gasteiger partial charge in [-0.1, -0.05) is 6.07 Å². The van der Waals surface area contributed by atoms with E-state index in [1.807, 2.05) is 36.4 Å². The number of hydrogen-bond donors (Lipinski definition) is 2. The first-order valence-electron chi connectivity index (χ1n) is 9.39. The van der Waals surface area contributed by atoms with Gasteiger partial charge in [0.15, 0.2) is 0 Å². The number of ether oxygens (including phenoxy) is 2. The van der Waals surface area contributed by atoms with Crippen molar-refractivity contribution < 1.29 is 14.3 Å². The smallest absolute Gasteiger partial charge is 0.243 e. The molecular formula is C21H20N6O3S. The lowest BCUT2D eigenvalue weighted by atomic mass is 10.1. The molecule has 0 fully saturated rings. The molecule has 1 amide bonds. The molecule has 2 aromatic heterocycles. The van der Waals surface area contributed by atoms with E-state index in [1.165, 1.54) is 18.3 Å². The van der Waals surface area contributed by atoms with E-state index >= 15 is 0 Å². The maximum atomic E-state index is 11.3. The number of carbonyl (C=O) groups excluding carboxylic acids is 1. The fourth-order valence-corrected chi connectivity index (χ4v) is 4.03. The number of nitrogens with zero attached hydrogens (tertiary/aromatic N) is 4. The van der Waals surface area contributed by atoms with Crippen molar-refractivity contribution in [2.75, 3.05) is 24.9 Å². The second-order valence-electron chi connectivity index (χ2n) is 6.53. The Labute approximate surface area is 182 Å². The Morgan fingerprint density at radius 1 is 1.10 bits per heavy atom. The molecule has 4 aromatic rings. The zero-order valence-corrected chi connectivity index (χ0v) is 18.0. The minimum atomic E-state index is -0.109. The second-order valence-corrected chi connectivity index (χ2v) is 7.64. The number of thiazole rings is 1. The van der Waals surface area contributed by atoms with Crippen LogP contribution in [0.2, 0.25) is 0 Å². The van der Waals surface area contributed by atoms with Crippen molar-refractivity contribution in [2.45, 2.75) is 13.5 Å². The Morgan fingerprint density at radius 2 is 1.87 bits per heavy atom. The van der Waals surface area contributed by atoms with Crippen LogP contribution in [0.4, 0.5) is 11.6 Å². The monoisotopic (exact) mass is 436 g/mol. The summed E-state index contributed by atoms with van der Waals surface area (Å²) in [6, 6.07) is 11.1. The summed E-state index contributed by atoms with van der Waals surface area (Å²) in [6.45, 7) is 1.91. The van der Waals surface area contributed by atoms with Crippen molar-refractivity contribution in [1.29, 1.82) is 0 Å². The summed E-state index contributed by atoms with van der Waals surface area (Å²) in [4.78, 5) is 20.4. The molecule has 31 heavy (non-hydrogen) atoms. The van der Waals surface area contributed by atoms with Crippen molar-refractivity contribution in [3.05, 3.63) is 47.6 Å². The van der Waals surface area contributed by atoms with Crippen LogP contribution in [0.25, 0.3) is 21.5 Å². The second kappa shape index (κ2) is 8.92. The summed E-state index contributed by atoms with van der Waals surface area (Å²) in [7, 11) is 3.19. The van der Waals surface area contributed by atoms with Crippen molar-refractivity contribution in [1.82, 2.24) is 20.2 Å². The SMILES string of the molecule is COc1cccc(OC)c1-c1cnnc(NCc2nc3ccc(NC(C)=O)cc3s2)n1. The van der Waals surface area contributed by atoms with E-state index in [-0.39, 0.29) is 5.91 Å². The number of rotatable bonds is 7. The summed E-state index contributed by atoms with van der Waals surface area (Å²) in [5.41, 5.74) is 2.89. The lowest BCUT2D eigenvalue weighted by molar-refractivity contribution is -0.114. The average molecular weight is 436 g/mol. The Bertz CT molecular complexity index is 1220. The Balaban J connectivity index is 1.55. The summed E-state index contributed by atoms with van der Waals surface area (Å²) in [5, 5.41) is 14.9. The van der Waals surface area contributed by atoms with E-state index in [0.717, 1.165) is 20.9 Å². The number of methoxy groups -OCH3 is 2. The quantitative estimate of drug-likeness (QED) is 0.451. The molecule has 158 valence electrons. The molecule has 0 unspecified atom stereocenters. The third-order valence-corrected chi connectivity index (χ3v) is 5.41. The van der Waals surface area contributed by atoms with E-state index in [4.69, 9.17) is 9.47 Å². The van der Waals surface area contributed by atoms with Gasteiger partial charge >= 0.3 is 0 Å². The lowest BCUT2D eigenvalue weighted by Crippen LogP contribution is -2.05. The highest BCUT2D eigenvalue weighted by molar-refractivity contribution is 7.18. The van der Waals surface area contributed by atoms with Gasteiger partial charge in [0, 0.05) is 12.6 Å². The number of fused-ring (bicyclic) bond motifs is 1. The third-order valence-electron chi connectivity index (χ3n) is 4.39. The number of amides is 1. The van der Waals surface area contributed by atoms with Crippen LogP contribution in [0, 0.1) is 0 Å². The molecule has 0 bridgehead atoms. The highest BCUT2D eigenvalue weighted by Gasteiger charge is 2.15. The normalized spacial score (nSPS) is 10.7. The minimum Gasteiger partial charge on any atom is -0.496 e. The maximum Gasteiger partial charge on any atom is 0.243 e. The predicted molar refractivity (Wildman–Crippen MR) is 120 cm³/mol. The number of aromatic nitrogens is 4. The van der Waals surface area contributed by atoms with Crippen LogP contribution in [0.1, 0.15) is 11.9 Å². The number of nitrogens with one attached hydrogen (secondary N) is 2. The standard InChI is InChI=1S/C21H20N6O3S/c1-12(28)24-13-7-8-14-18(9-13)31-19(25-14)11-22-21-26-15(10-23-27-21)20-16(29-2)5-4-6-17(20)30-3/h4-10H,11H2,1-3H3,(H,24,28)(H,22,26,27). The molecule has 0 saturated carbocycles. The summed E-state index contributed by atoms with van der Waals surface area (Å²) in [5.74, 6) is 1.52. The molecular weight excluding hydrogens is 416 g/mol. The highest BCUT2D eigenvalue weighted by Crippen LogP contribution is 2.37. The Hall–Kier alpha value is -3.79. The van der Waals surface area contributed by atoms with Gasteiger partial charge < -0.3 is 20.1 Å². The molecule has 9 nitrogen and oxygen atoms in total. The van der Waals surface area contributed by atoms with Gasteiger partial charge in [-0.2, -0.15) is 5.10 Å². The first-order valence-corrected chi connectivity index (χ1v) is 10.2. The first-order chi connectivity index (χ1) is 15.1. The Kier molecular flexibility index (Phi) is 5.89. The van der Waals surface area contributed by atoms with E-state index in [9.17, 15) is 4.79 Å². The van der Waals surface area contributed by atoms with E-state index in [0.29, 0.717) is 35.2 Å². The van der Waals surface area contributed by atoms with Crippen LogP contribution in [0.3, 0.4) is 0 Å². The zero-order valence-electron chi connectivity index (χ0n) is 17.2. The number of anilines is 2. The molecule has 2 aromatic carbocycles. The fraction of sp³-hybridized carbons (Fsp3) is 0.190. The highest BCUT2D eigenvalue weighted by atomic mass is 32.1. The summed E-state index contributed by atoms with van der Waals surface area (Å²) >= 11 is 1.53. The number of hydrogen-bond acceptors (Lipinski definition) is 9. The molecule has 4 rings (SSSR count). The molecule has 0 aliphatic rings. The maximum absolute atomic E-state index is 11.3. The minimum absolute atomic E-state index is 0.109. The van der Waals surface area contributed by atoms with Crippen LogP contribution in [-0.4, -0.2) is 40.3 Å². The molecule has 0 aliphatic heterocycles. The van der Waals surface area contributed by atoms with Gasteiger partial charge in [0.05, 0.1) is 42.7 Å². The largest absolute Gasteiger partial charge is 0.496 e. The molecule has 10 heteroatoms. The molecule has 0 radical (unpaired) electrons. The van der Waals surface area contributed by atoms with Crippen LogP contribution in [0.15, 0.2) is 42.6 Å². The predicted octanol–water partition coefficient (Wildman–Crippen LogP) is 3.74. The molecule has 0 atom stereocenters. The van der Waals surface area contributed by atoms with Crippen molar-refractivity contribution >= 4 is 39.1 Å². The molecule has 2 N–H and O–H groups in total. The average Bonchev–Trinajstić information content (AvgIpc) is 3.19. The van der Waals surface area contributed by atoms with Gasteiger partial charge in [0.25, 0.3) is 0 Å². The van der Waals surface area contributed by atoms with Gasteiger partial charge in [-0.15, -0.1) is 16.4 Å². The van der Waals surface area contributed by atoms with Gasteiger partial charge in [0.1, 0.15) is 22.2 Å². The van der Waals surface area contributed by atoms with Gasteiger partial charge in [-0.05, 0) is 30.3 Å². The summed E-state index contributed by atoms with van der Waals surface area (Å²) < 4.78 is 11.9. The van der Waals surface area contributed by atoms with Crippen molar-refractivity contribution in [3.63, 3.8) is 0 Å². The van der Waals surface area contributed by atoms with Gasteiger partial charge in [-0.3, -0.25) is 4.79 Å². The molecule has 0 saturated heterocycles. The number of carbonyl (C=O) groups is 1. The van der Waals surface area contributed by atoms with Crippen LogP contribution in [0.5, 0.6) is 11.5 Å². The van der Waals surface area contributed by atoms with E-state index in [1.54, 1.807) is 20.4 Å². The fourth-order valence-electron chi connectivity index (χ4n) is 3.09. The van der Waals surface area contributed by atoms with E-state index < -0.39 is 0 Å². The lowest BCUT2D eigenvalue weighted by Gasteiger charge is -2.12. The van der Waals surface area contributed by atoms with Crippen molar-refractivity contribution in [2.24, 2.45) is 0 Å². The third kappa shape index (κ3) is 4.53. The Morgan fingerprint density at radius 3 is 2.58 bits per heavy atom. The molecule has 0 aliphatic carbocycles. The van der Waals surface area contributed by atoms with Crippen LogP contribution >= 0.6 is 11.3 Å². The van der Waals surface area contributed by atoms with E-state index in [2.05, 4.69) is 30.8 Å². The zero-order chi connectivity index (χ0) is 21.8. The topological polar surface area (TPSA) is 111 Å². The van der Waals surface area contributed by atoms with Crippen molar-refractivity contribution in [3.8, 4) is 22.8 Å². The first kappa shape index (κ1) is 20.5. The van der Waals surface area contributed by atoms with Crippen LogP contribution in [-0.2, 0) is 11.3 Å².